The van der Waals surface area contributed by atoms with E-state index in [1.807, 2.05) is 36.4 Å². The van der Waals surface area contributed by atoms with Crippen molar-refractivity contribution in [2.45, 2.75) is 6.92 Å². The third-order valence-electron chi connectivity index (χ3n) is 5.76. The van der Waals surface area contributed by atoms with E-state index in [1.54, 1.807) is 24.3 Å². The van der Waals surface area contributed by atoms with E-state index in [4.69, 9.17) is 39.8 Å². The van der Waals surface area contributed by atoms with Crippen LogP contribution in [0, 0.1) is 0 Å². The second-order valence-electron chi connectivity index (χ2n) is 8.04. The van der Waals surface area contributed by atoms with Gasteiger partial charge in [-0.15, -0.1) is 0 Å². The first-order valence-electron chi connectivity index (χ1n) is 11.3. The molecule has 4 rings (SSSR count). The van der Waals surface area contributed by atoms with Crippen LogP contribution in [0.15, 0.2) is 65.1 Å². The largest absolute Gasteiger partial charge is 0.457 e. The van der Waals surface area contributed by atoms with Gasteiger partial charge in [-0.05, 0) is 73.4 Å². The normalized spacial score (nSPS) is 14.3. The summed E-state index contributed by atoms with van der Waals surface area (Å²) in [5.41, 5.74) is 2.55. The molecule has 1 saturated heterocycles. The highest BCUT2D eigenvalue weighted by Crippen LogP contribution is 2.34. The monoisotopic (exact) mass is 528 g/mol. The number of nitrogens with one attached hydrogen (secondary N) is 2. The Morgan fingerprint density at radius 1 is 1.06 bits per heavy atom. The number of benzene rings is 2. The van der Waals surface area contributed by atoms with Crippen LogP contribution in [-0.4, -0.2) is 48.6 Å². The number of halogens is 2. The number of rotatable bonds is 6. The number of carbonyl (C=O) groups excluding carboxylic acids is 1. The molecule has 2 N–H and O–H groups in total. The van der Waals surface area contributed by atoms with Gasteiger partial charge in [0.25, 0.3) is 0 Å². The van der Waals surface area contributed by atoms with Crippen LogP contribution in [0.1, 0.15) is 12.7 Å². The lowest BCUT2D eigenvalue weighted by Gasteiger charge is -2.36. The summed E-state index contributed by atoms with van der Waals surface area (Å²) in [6.45, 7) is 6.88. The van der Waals surface area contributed by atoms with E-state index in [0.717, 1.165) is 49.7 Å². The second kappa shape index (κ2) is 11.7. The maximum Gasteiger partial charge on any atom is 0.250 e. The van der Waals surface area contributed by atoms with Gasteiger partial charge >= 0.3 is 0 Å². The summed E-state index contributed by atoms with van der Waals surface area (Å²) in [5, 5.41) is 7.29. The van der Waals surface area contributed by atoms with E-state index in [0.29, 0.717) is 21.6 Å². The van der Waals surface area contributed by atoms with Crippen LogP contribution in [0.25, 0.3) is 17.4 Å². The average Bonchev–Trinajstić information content (AvgIpc) is 3.32. The highest BCUT2D eigenvalue weighted by atomic mass is 35.5. The van der Waals surface area contributed by atoms with Crippen molar-refractivity contribution in [1.29, 1.82) is 0 Å². The fourth-order valence-corrected chi connectivity index (χ4v) is 4.53. The van der Waals surface area contributed by atoms with E-state index < -0.39 is 0 Å². The number of likely N-dealkylation sites (N-methyl/N-ethyl adjacent to an activating group) is 1. The van der Waals surface area contributed by atoms with Crippen molar-refractivity contribution in [3.8, 4) is 11.3 Å². The Balaban J connectivity index is 1.36. The van der Waals surface area contributed by atoms with Crippen molar-refractivity contribution in [3.63, 3.8) is 0 Å². The molecule has 1 aliphatic rings. The van der Waals surface area contributed by atoms with Gasteiger partial charge in [0.2, 0.25) is 5.91 Å². The van der Waals surface area contributed by atoms with Crippen LogP contribution < -0.4 is 15.5 Å². The molecule has 0 radical (unpaired) electrons. The maximum atomic E-state index is 12.4. The Bertz CT molecular complexity index is 1220. The van der Waals surface area contributed by atoms with Crippen molar-refractivity contribution in [3.05, 3.63) is 76.5 Å². The highest BCUT2D eigenvalue weighted by Gasteiger charge is 2.21. The fourth-order valence-electron chi connectivity index (χ4n) is 3.90. The molecule has 1 aromatic heterocycles. The number of carbonyl (C=O) groups is 1. The minimum Gasteiger partial charge on any atom is -0.457 e. The molecule has 0 bridgehead atoms. The zero-order chi connectivity index (χ0) is 24.8. The maximum absolute atomic E-state index is 12.4. The topological polar surface area (TPSA) is 60.8 Å². The van der Waals surface area contributed by atoms with E-state index in [-0.39, 0.29) is 11.0 Å². The predicted molar refractivity (Wildman–Crippen MR) is 148 cm³/mol. The third kappa shape index (κ3) is 6.64. The Labute approximate surface area is 220 Å². The summed E-state index contributed by atoms with van der Waals surface area (Å²) in [5.74, 6) is 0.867. The molecule has 2 heterocycles. The van der Waals surface area contributed by atoms with E-state index in [9.17, 15) is 4.79 Å². The summed E-state index contributed by atoms with van der Waals surface area (Å²) >= 11 is 17.9. The van der Waals surface area contributed by atoms with Crippen LogP contribution in [0.2, 0.25) is 10.0 Å². The minimum absolute atomic E-state index is 0.191. The van der Waals surface area contributed by atoms with Gasteiger partial charge in [0.15, 0.2) is 5.11 Å². The summed E-state index contributed by atoms with van der Waals surface area (Å²) in [7, 11) is 0. The van der Waals surface area contributed by atoms with Gasteiger partial charge in [0.1, 0.15) is 11.5 Å². The van der Waals surface area contributed by atoms with E-state index in [2.05, 4.69) is 27.4 Å². The zero-order valence-electron chi connectivity index (χ0n) is 19.3. The fraction of sp³-hybridized carbons (Fsp3) is 0.231. The van der Waals surface area contributed by atoms with Gasteiger partial charge in [-0.1, -0.05) is 36.2 Å². The molecule has 35 heavy (non-hydrogen) atoms. The number of furan rings is 1. The van der Waals surface area contributed by atoms with Crippen molar-refractivity contribution in [2.75, 3.05) is 42.9 Å². The predicted octanol–water partition coefficient (Wildman–Crippen LogP) is 5.92. The number of thiocarbonyl (C=S) groups is 1. The molecule has 9 heteroatoms. The van der Waals surface area contributed by atoms with Crippen molar-refractivity contribution >= 4 is 63.9 Å². The molecule has 0 aliphatic carbocycles. The first kappa shape index (κ1) is 25.3. The van der Waals surface area contributed by atoms with Crippen LogP contribution in [0.5, 0.6) is 0 Å². The van der Waals surface area contributed by atoms with Gasteiger partial charge in [-0.3, -0.25) is 10.1 Å². The Hall–Kier alpha value is -2.84. The van der Waals surface area contributed by atoms with Gasteiger partial charge in [-0.25, -0.2) is 0 Å². The summed E-state index contributed by atoms with van der Waals surface area (Å²) in [6.07, 6.45) is 2.97. The molecule has 3 aromatic rings. The highest BCUT2D eigenvalue weighted by molar-refractivity contribution is 7.80. The smallest absolute Gasteiger partial charge is 0.250 e. The van der Waals surface area contributed by atoms with Crippen molar-refractivity contribution in [2.24, 2.45) is 0 Å². The number of hydrogen-bond acceptors (Lipinski definition) is 5. The molecule has 2 aromatic carbocycles. The Morgan fingerprint density at radius 3 is 2.51 bits per heavy atom. The Kier molecular flexibility index (Phi) is 8.46. The third-order valence-corrected chi connectivity index (χ3v) is 6.52. The summed E-state index contributed by atoms with van der Waals surface area (Å²) in [6, 6.07) is 16.6. The number of piperazine rings is 1. The van der Waals surface area contributed by atoms with Crippen molar-refractivity contribution < 1.29 is 9.21 Å². The number of hydrogen-bond donors (Lipinski definition) is 2. The Morgan fingerprint density at radius 2 is 1.80 bits per heavy atom. The lowest BCUT2D eigenvalue weighted by Crippen LogP contribution is -2.46. The van der Waals surface area contributed by atoms with Crippen LogP contribution in [0.3, 0.4) is 0 Å². The first-order valence-corrected chi connectivity index (χ1v) is 12.5. The van der Waals surface area contributed by atoms with Crippen LogP contribution in [0.4, 0.5) is 11.4 Å². The van der Waals surface area contributed by atoms with E-state index in [1.165, 1.54) is 6.08 Å². The van der Waals surface area contributed by atoms with Gasteiger partial charge in [0, 0.05) is 42.8 Å². The molecule has 0 saturated carbocycles. The van der Waals surface area contributed by atoms with Gasteiger partial charge in [0.05, 0.1) is 16.4 Å². The number of para-hydroxylation sites is 1. The molecule has 0 spiro atoms. The lowest BCUT2D eigenvalue weighted by atomic mass is 10.2. The SMILES string of the molecule is CCN1CCN(c2c(Cl)cccc2NC(=S)NC(=O)C=Cc2ccc(-c3ccc(Cl)cc3)o2)CC1. The number of nitrogens with zero attached hydrogens (tertiary/aromatic N) is 2. The van der Waals surface area contributed by atoms with Crippen LogP contribution >= 0.6 is 35.4 Å². The zero-order valence-corrected chi connectivity index (χ0v) is 21.6. The van der Waals surface area contributed by atoms with Gasteiger partial charge < -0.3 is 19.5 Å². The molecule has 1 fully saturated rings. The molecule has 6 nitrogen and oxygen atoms in total. The average molecular weight is 529 g/mol. The molecule has 0 atom stereocenters. The van der Waals surface area contributed by atoms with Crippen molar-refractivity contribution in [1.82, 2.24) is 10.2 Å². The molecule has 1 amide bonds. The minimum atomic E-state index is -0.368. The summed E-state index contributed by atoms with van der Waals surface area (Å²) < 4.78 is 5.79. The molecular weight excluding hydrogens is 503 g/mol. The molecule has 1 aliphatic heterocycles. The standard InChI is InChI=1S/C26H26Cl2N4O2S/c1-2-31-14-16-32(17-15-31)25-21(28)4-3-5-22(25)29-26(35)30-24(33)13-11-20-10-12-23(34-20)18-6-8-19(27)9-7-18/h3-13H,2,14-17H2,1H3,(H2,29,30,33,35). The van der Waals surface area contributed by atoms with Crippen LogP contribution in [-0.2, 0) is 4.79 Å². The first-order chi connectivity index (χ1) is 16.9. The van der Waals surface area contributed by atoms with Gasteiger partial charge in [-0.2, -0.15) is 0 Å². The number of amides is 1. The molecule has 182 valence electrons. The molecular formula is C26H26Cl2N4O2S. The quantitative estimate of drug-likeness (QED) is 0.305. The summed E-state index contributed by atoms with van der Waals surface area (Å²) in [4.78, 5) is 17.1. The molecule has 0 unspecified atom stereocenters. The lowest BCUT2D eigenvalue weighted by molar-refractivity contribution is -0.115. The second-order valence-corrected chi connectivity index (χ2v) is 9.29. The van der Waals surface area contributed by atoms with E-state index >= 15 is 0 Å². The number of anilines is 2.